The van der Waals surface area contributed by atoms with E-state index in [1.165, 1.54) is 47.9 Å². The van der Waals surface area contributed by atoms with E-state index in [9.17, 15) is 0 Å². The first-order valence-corrected chi connectivity index (χ1v) is 8.73. The van der Waals surface area contributed by atoms with E-state index in [4.69, 9.17) is 5.14 Å². The largest absolute Gasteiger partial charge is 0.272 e. The van der Waals surface area contributed by atoms with Gasteiger partial charge in [-0.05, 0) is 35.9 Å². The van der Waals surface area contributed by atoms with Gasteiger partial charge in [0.25, 0.3) is 0 Å². The summed E-state index contributed by atoms with van der Waals surface area (Å²) < 4.78 is 2.22. The molecule has 0 aliphatic heterocycles. The van der Waals surface area contributed by atoms with E-state index in [1.807, 2.05) is 0 Å². The smallest absolute Gasteiger partial charge is 0.165 e. The Kier molecular flexibility index (Phi) is 5.67. The highest BCUT2D eigenvalue weighted by Crippen LogP contribution is 2.31. The molecule has 0 radical (unpaired) electrons. The van der Waals surface area contributed by atoms with Gasteiger partial charge in [0.2, 0.25) is 0 Å². The molecule has 19 heavy (non-hydrogen) atoms. The molecule has 2 N–H and O–H groups in total. The standard InChI is InChI=1S/C15H22N2S2/c1-3-5-7-11(4-2)10-12-8-6-9-13-14(12)17-15(18-13)19-16/h6,8-9,11H,3-5,7,10,16H2,1-2H3. The van der Waals surface area contributed by atoms with Gasteiger partial charge in [-0.1, -0.05) is 51.7 Å². The molecule has 2 aromatic rings. The number of unbranched alkanes of at least 4 members (excludes halogenated alkanes) is 1. The van der Waals surface area contributed by atoms with Gasteiger partial charge in [0.1, 0.15) is 0 Å². The summed E-state index contributed by atoms with van der Waals surface area (Å²) in [7, 11) is 0. The Morgan fingerprint density at radius 2 is 2.21 bits per heavy atom. The van der Waals surface area contributed by atoms with Crippen molar-refractivity contribution in [3.63, 3.8) is 0 Å². The van der Waals surface area contributed by atoms with Crippen LogP contribution in [0, 0.1) is 5.92 Å². The van der Waals surface area contributed by atoms with Crippen LogP contribution in [0.15, 0.2) is 22.5 Å². The lowest BCUT2D eigenvalue weighted by atomic mass is 9.91. The quantitative estimate of drug-likeness (QED) is 0.729. The summed E-state index contributed by atoms with van der Waals surface area (Å²) in [4.78, 5) is 4.66. The summed E-state index contributed by atoms with van der Waals surface area (Å²) >= 11 is 2.94. The molecule has 2 rings (SSSR count). The van der Waals surface area contributed by atoms with Crippen molar-refractivity contribution in [1.29, 1.82) is 0 Å². The number of rotatable bonds is 7. The number of aromatic nitrogens is 1. The van der Waals surface area contributed by atoms with E-state index < -0.39 is 0 Å². The van der Waals surface area contributed by atoms with Crippen molar-refractivity contribution in [3.05, 3.63) is 23.8 Å². The number of para-hydroxylation sites is 1. The Bertz CT molecular complexity index is 522. The second-order valence-corrected chi connectivity index (χ2v) is 6.89. The lowest BCUT2D eigenvalue weighted by Gasteiger charge is -2.14. The molecule has 1 aromatic heterocycles. The topological polar surface area (TPSA) is 38.9 Å². The van der Waals surface area contributed by atoms with Crippen LogP contribution in [0.1, 0.15) is 45.1 Å². The molecule has 0 aliphatic carbocycles. The van der Waals surface area contributed by atoms with Crippen LogP contribution in [-0.4, -0.2) is 4.98 Å². The predicted molar refractivity (Wildman–Crippen MR) is 86.7 cm³/mol. The van der Waals surface area contributed by atoms with Crippen molar-refractivity contribution in [2.75, 3.05) is 0 Å². The third-order valence-electron chi connectivity index (χ3n) is 3.64. The average molecular weight is 294 g/mol. The van der Waals surface area contributed by atoms with Crippen molar-refractivity contribution in [2.24, 2.45) is 11.1 Å². The van der Waals surface area contributed by atoms with E-state index in [2.05, 4.69) is 37.0 Å². The SMILES string of the molecule is CCCCC(CC)Cc1cccc2sc(SN)nc12. The fourth-order valence-electron chi connectivity index (χ4n) is 2.45. The molecule has 0 amide bonds. The van der Waals surface area contributed by atoms with Crippen molar-refractivity contribution >= 4 is 33.5 Å². The van der Waals surface area contributed by atoms with Gasteiger partial charge >= 0.3 is 0 Å². The second kappa shape index (κ2) is 7.27. The first-order valence-electron chi connectivity index (χ1n) is 7.03. The molecule has 0 fully saturated rings. The Morgan fingerprint density at radius 1 is 1.37 bits per heavy atom. The highest BCUT2D eigenvalue weighted by atomic mass is 32.2. The van der Waals surface area contributed by atoms with E-state index in [-0.39, 0.29) is 0 Å². The summed E-state index contributed by atoms with van der Waals surface area (Å²) in [5, 5.41) is 5.62. The molecule has 1 aromatic carbocycles. The summed E-state index contributed by atoms with van der Waals surface area (Å²) in [6, 6.07) is 6.51. The maximum Gasteiger partial charge on any atom is 0.165 e. The first-order chi connectivity index (χ1) is 9.28. The first kappa shape index (κ1) is 14.8. The number of fused-ring (bicyclic) bond motifs is 1. The molecular formula is C15H22N2S2. The van der Waals surface area contributed by atoms with Crippen molar-refractivity contribution in [1.82, 2.24) is 4.98 Å². The summed E-state index contributed by atoms with van der Waals surface area (Å²) in [5.74, 6) is 0.779. The van der Waals surface area contributed by atoms with Gasteiger partial charge in [-0.25, -0.2) is 4.98 Å². The van der Waals surface area contributed by atoms with Crippen LogP contribution in [0.25, 0.3) is 10.2 Å². The molecule has 104 valence electrons. The van der Waals surface area contributed by atoms with Gasteiger partial charge < -0.3 is 0 Å². The maximum atomic E-state index is 5.62. The lowest BCUT2D eigenvalue weighted by molar-refractivity contribution is 0.450. The van der Waals surface area contributed by atoms with Crippen LogP contribution < -0.4 is 5.14 Å². The lowest BCUT2D eigenvalue weighted by Crippen LogP contribution is -2.03. The van der Waals surface area contributed by atoms with Crippen LogP contribution in [0.5, 0.6) is 0 Å². The molecule has 1 atom stereocenters. The highest BCUT2D eigenvalue weighted by Gasteiger charge is 2.12. The monoisotopic (exact) mass is 294 g/mol. The average Bonchev–Trinajstić information content (AvgIpc) is 2.87. The Labute approximate surface area is 123 Å². The number of thiazole rings is 1. The predicted octanol–water partition coefficient (Wildman–Crippen LogP) is 5.02. The minimum absolute atomic E-state index is 0.779. The van der Waals surface area contributed by atoms with Gasteiger partial charge in [0.05, 0.1) is 10.2 Å². The van der Waals surface area contributed by atoms with Crippen molar-refractivity contribution in [2.45, 2.75) is 50.3 Å². The molecule has 2 nitrogen and oxygen atoms in total. The minimum atomic E-state index is 0.779. The van der Waals surface area contributed by atoms with E-state index in [1.54, 1.807) is 11.3 Å². The van der Waals surface area contributed by atoms with Crippen LogP contribution >= 0.6 is 23.3 Å². The zero-order chi connectivity index (χ0) is 13.7. The summed E-state index contributed by atoms with van der Waals surface area (Å²) in [6.45, 7) is 4.56. The molecule has 0 aliphatic rings. The van der Waals surface area contributed by atoms with Gasteiger partial charge in [-0.15, -0.1) is 11.3 Å². The third kappa shape index (κ3) is 3.71. The minimum Gasteiger partial charge on any atom is -0.272 e. The number of nitrogens with two attached hydrogens (primary N) is 1. The van der Waals surface area contributed by atoms with Crippen molar-refractivity contribution < 1.29 is 0 Å². The fourth-order valence-corrected chi connectivity index (χ4v) is 3.81. The fraction of sp³-hybridized carbons (Fsp3) is 0.533. The molecule has 0 bridgehead atoms. The third-order valence-corrected chi connectivity index (χ3v) is 5.28. The summed E-state index contributed by atoms with van der Waals surface area (Å²) in [5.41, 5.74) is 2.55. The zero-order valence-electron chi connectivity index (χ0n) is 11.7. The van der Waals surface area contributed by atoms with E-state index in [0.717, 1.165) is 22.2 Å². The molecule has 0 saturated heterocycles. The van der Waals surface area contributed by atoms with Crippen molar-refractivity contribution in [3.8, 4) is 0 Å². The number of benzene rings is 1. The molecule has 1 heterocycles. The highest BCUT2D eigenvalue weighted by molar-refractivity contribution is 7.99. The number of hydrogen-bond acceptors (Lipinski definition) is 4. The summed E-state index contributed by atoms with van der Waals surface area (Å²) in [6.07, 6.45) is 6.33. The van der Waals surface area contributed by atoms with Gasteiger partial charge in [0, 0.05) is 0 Å². The Balaban J connectivity index is 2.21. The molecule has 0 saturated carbocycles. The number of nitrogens with zero attached hydrogens (tertiary/aromatic N) is 1. The van der Waals surface area contributed by atoms with Crippen LogP contribution in [-0.2, 0) is 6.42 Å². The van der Waals surface area contributed by atoms with Crippen LogP contribution in [0.4, 0.5) is 0 Å². The molecule has 1 unspecified atom stereocenters. The molecular weight excluding hydrogens is 272 g/mol. The van der Waals surface area contributed by atoms with Crippen LogP contribution in [0.3, 0.4) is 0 Å². The van der Waals surface area contributed by atoms with Gasteiger partial charge in [-0.3, -0.25) is 5.14 Å². The maximum absolute atomic E-state index is 5.62. The van der Waals surface area contributed by atoms with Crippen LogP contribution in [0.2, 0.25) is 0 Å². The Morgan fingerprint density at radius 3 is 2.89 bits per heavy atom. The van der Waals surface area contributed by atoms with E-state index in [0.29, 0.717) is 0 Å². The molecule has 0 spiro atoms. The Hall–Kier alpha value is -0.580. The van der Waals surface area contributed by atoms with Gasteiger partial charge in [0.15, 0.2) is 4.34 Å². The molecule has 4 heteroatoms. The normalized spacial score (nSPS) is 13.0. The zero-order valence-corrected chi connectivity index (χ0v) is 13.3. The number of hydrogen-bond donors (Lipinski definition) is 1. The van der Waals surface area contributed by atoms with Gasteiger partial charge in [-0.2, -0.15) is 0 Å². The second-order valence-electron chi connectivity index (χ2n) is 4.98. The van der Waals surface area contributed by atoms with E-state index >= 15 is 0 Å².